The van der Waals surface area contributed by atoms with E-state index < -0.39 is 0 Å². The molecule has 0 aliphatic heterocycles. The highest BCUT2D eigenvalue weighted by Crippen LogP contribution is 2.40. The molecule has 2 rings (SSSR count). The Kier molecular flexibility index (Phi) is 6.19. The molecule has 1 aliphatic rings. The van der Waals surface area contributed by atoms with Gasteiger partial charge < -0.3 is 10.0 Å². The van der Waals surface area contributed by atoms with Crippen LogP contribution in [0.3, 0.4) is 0 Å². The molecule has 1 saturated carbocycles. The van der Waals surface area contributed by atoms with Gasteiger partial charge in [-0.3, -0.25) is 0 Å². The van der Waals surface area contributed by atoms with Crippen molar-refractivity contribution in [2.24, 2.45) is 11.8 Å². The first kappa shape index (κ1) is 16.4. The highest BCUT2D eigenvalue weighted by atomic mass is 19.1. The van der Waals surface area contributed by atoms with Crippen molar-refractivity contribution in [1.82, 2.24) is 4.90 Å². The van der Waals surface area contributed by atoms with E-state index in [-0.39, 0.29) is 5.82 Å². The number of hydrogen-bond donors (Lipinski definition) is 1. The van der Waals surface area contributed by atoms with Crippen molar-refractivity contribution < 1.29 is 9.50 Å². The van der Waals surface area contributed by atoms with Gasteiger partial charge in [0.15, 0.2) is 0 Å². The molecule has 21 heavy (non-hydrogen) atoms. The minimum absolute atomic E-state index is 0.163. The predicted molar refractivity (Wildman–Crippen MR) is 84.6 cm³/mol. The summed E-state index contributed by atoms with van der Waals surface area (Å²) >= 11 is 0. The zero-order valence-corrected chi connectivity index (χ0v) is 13.3. The smallest absolute Gasteiger partial charge is 0.123 e. The zero-order chi connectivity index (χ0) is 15.2. The number of halogens is 1. The van der Waals surface area contributed by atoms with Crippen LogP contribution in [0.25, 0.3) is 0 Å². The lowest BCUT2D eigenvalue weighted by Gasteiger charge is -2.37. The lowest BCUT2D eigenvalue weighted by atomic mass is 9.75. The maximum absolute atomic E-state index is 13.1. The maximum Gasteiger partial charge on any atom is 0.123 e. The molecule has 3 heteroatoms. The van der Waals surface area contributed by atoms with E-state index in [4.69, 9.17) is 5.11 Å². The Morgan fingerprint density at radius 3 is 2.29 bits per heavy atom. The van der Waals surface area contributed by atoms with Gasteiger partial charge in [-0.05, 0) is 69.3 Å². The fraction of sp³-hybridized carbons (Fsp3) is 0.667. The van der Waals surface area contributed by atoms with Crippen LogP contribution in [0.2, 0.25) is 0 Å². The SMILES string of the molecule is CN(C)C(c1ccc(F)cc1)C1CCC(CCCO)CC1. The van der Waals surface area contributed by atoms with Crippen LogP contribution >= 0.6 is 0 Å². The molecule has 118 valence electrons. The van der Waals surface area contributed by atoms with E-state index >= 15 is 0 Å². The Hall–Kier alpha value is -0.930. The summed E-state index contributed by atoms with van der Waals surface area (Å²) in [4.78, 5) is 2.27. The number of benzene rings is 1. The van der Waals surface area contributed by atoms with Crippen LogP contribution in [0, 0.1) is 17.7 Å². The zero-order valence-electron chi connectivity index (χ0n) is 13.3. The van der Waals surface area contributed by atoms with Gasteiger partial charge in [-0.2, -0.15) is 0 Å². The minimum atomic E-state index is -0.163. The van der Waals surface area contributed by atoms with E-state index in [1.165, 1.54) is 31.2 Å². The van der Waals surface area contributed by atoms with Crippen molar-refractivity contribution in [3.05, 3.63) is 35.6 Å². The standard InChI is InChI=1S/C18H28FNO/c1-20(2)18(16-9-11-17(19)12-10-16)15-7-5-14(6-8-15)4-3-13-21/h9-12,14-15,18,21H,3-8,13H2,1-2H3. The van der Waals surface area contributed by atoms with Gasteiger partial charge in [0.25, 0.3) is 0 Å². The summed E-state index contributed by atoms with van der Waals surface area (Å²) in [5.41, 5.74) is 1.22. The van der Waals surface area contributed by atoms with Crippen molar-refractivity contribution in [2.75, 3.05) is 20.7 Å². The Balaban J connectivity index is 1.99. The van der Waals surface area contributed by atoms with Gasteiger partial charge in [0.1, 0.15) is 5.82 Å². The van der Waals surface area contributed by atoms with Crippen LogP contribution in [0.1, 0.15) is 50.1 Å². The van der Waals surface area contributed by atoms with Gasteiger partial charge in [-0.25, -0.2) is 4.39 Å². The molecule has 0 saturated heterocycles. The number of nitrogens with zero attached hydrogens (tertiary/aromatic N) is 1. The molecule has 0 radical (unpaired) electrons. The molecule has 2 nitrogen and oxygen atoms in total. The second kappa shape index (κ2) is 7.90. The molecule has 0 spiro atoms. The summed E-state index contributed by atoms with van der Waals surface area (Å²) in [7, 11) is 4.23. The van der Waals surface area contributed by atoms with Crippen LogP contribution < -0.4 is 0 Å². The van der Waals surface area contributed by atoms with Crippen molar-refractivity contribution >= 4 is 0 Å². The number of aliphatic hydroxyl groups is 1. The maximum atomic E-state index is 13.1. The fourth-order valence-electron chi connectivity index (χ4n) is 3.82. The molecule has 0 amide bonds. The Morgan fingerprint density at radius 1 is 1.14 bits per heavy atom. The summed E-state index contributed by atoms with van der Waals surface area (Å²) in [6.45, 7) is 0.315. The third-order valence-electron chi connectivity index (χ3n) is 4.88. The van der Waals surface area contributed by atoms with E-state index in [0.29, 0.717) is 18.6 Å². The Morgan fingerprint density at radius 2 is 1.76 bits per heavy atom. The summed E-state index contributed by atoms with van der Waals surface area (Å²) in [6, 6.07) is 7.37. The van der Waals surface area contributed by atoms with E-state index in [1.807, 2.05) is 12.1 Å². The van der Waals surface area contributed by atoms with E-state index in [0.717, 1.165) is 18.8 Å². The summed E-state index contributed by atoms with van der Waals surface area (Å²) in [5, 5.41) is 8.94. The lowest BCUT2D eigenvalue weighted by Crippen LogP contribution is -2.30. The molecule has 1 aromatic rings. The minimum Gasteiger partial charge on any atom is -0.396 e. The van der Waals surface area contributed by atoms with Gasteiger partial charge >= 0.3 is 0 Å². The molecule has 1 fully saturated rings. The summed E-state index contributed by atoms with van der Waals surface area (Å²) in [6.07, 6.45) is 7.08. The Bertz CT molecular complexity index is 410. The monoisotopic (exact) mass is 293 g/mol. The first-order chi connectivity index (χ1) is 10.1. The number of aliphatic hydroxyl groups excluding tert-OH is 1. The highest BCUT2D eigenvalue weighted by Gasteiger charge is 2.29. The van der Waals surface area contributed by atoms with Crippen molar-refractivity contribution in [3.8, 4) is 0 Å². The number of rotatable bonds is 6. The Labute approximate surface area is 128 Å². The van der Waals surface area contributed by atoms with E-state index in [1.54, 1.807) is 12.1 Å². The van der Waals surface area contributed by atoms with E-state index in [2.05, 4.69) is 19.0 Å². The third kappa shape index (κ3) is 4.52. The van der Waals surface area contributed by atoms with Crippen LogP contribution in [0.15, 0.2) is 24.3 Å². The van der Waals surface area contributed by atoms with Crippen molar-refractivity contribution in [3.63, 3.8) is 0 Å². The molecule has 1 unspecified atom stereocenters. The second-order valence-corrected chi connectivity index (χ2v) is 6.61. The van der Waals surface area contributed by atoms with Crippen LogP contribution in [-0.2, 0) is 0 Å². The van der Waals surface area contributed by atoms with Crippen LogP contribution in [0.4, 0.5) is 4.39 Å². The summed E-state index contributed by atoms with van der Waals surface area (Å²) in [5.74, 6) is 1.27. The molecule has 1 aromatic carbocycles. The molecule has 0 bridgehead atoms. The topological polar surface area (TPSA) is 23.5 Å². The number of hydrogen-bond acceptors (Lipinski definition) is 2. The largest absolute Gasteiger partial charge is 0.396 e. The third-order valence-corrected chi connectivity index (χ3v) is 4.88. The average Bonchev–Trinajstić information content (AvgIpc) is 2.48. The normalized spacial score (nSPS) is 24.2. The molecular formula is C18H28FNO. The summed E-state index contributed by atoms with van der Waals surface area (Å²) < 4.78 is 13.1. The van der Waals surface area contributed by atoms with Crippen molar-refractivity contribution in [2.45, 2.75) is 44.6 Å². The average molecular weight is 293 g/mol. The van der Waals surface area contributed by atoms with Crippen molar-refractivity contribution in [1.29, 1.82) is 0 Å². The first-order valence-electron chi connectivity index (χ1n) is 8.14. The van der Waals surface area contributed by atoms with Crippen LogP contribution in [0.5, 0.6) is 0 Å². The quantitative estimate of drug-likeness (QED) is 0.856. The van der Waals surface area contributed by atoms with Gasteiger partial charge in [0, 0.05) is 12.6 Å². The fourth-order valence-corrected chi connectivity index (χ4v) is 3.82. The highest BCUT2D eigenvalue weighted by molar-refractivity contribution is 5.21. The molecular weight excluding hydrogens is 265 g/mol. The van der Waals surface area contributed by atoms with Crippen LogP contribution in [-0.4, -0.2) is 30.7 Å². The second-order valence-electron chi connectivity index (χ2n) is 6.61. The predicted octanol–water partition coefficient (Wildman–Crippen LogP) is 4.01. The van der Waals surface area contributed by atoms with Gasteiger partial charge in [-0.1, -0.05) is 25.0 Å². The van der Waals surface area contributed by atoms with E-state index in [9.17, 15) is 4.39 Å². The van der Waals surface area contributed by atoms with Gasteiger partial charge in [0.05, 0.1) is 0 Å². The first-order valence-corrected chi connectivity index (χ1v) is 8.14. The molecule has 1 aliphatic carbocycles. The molecule has 0 heterocycles. The molecule has 0 aromatic heterocycles. The molecule has 1 atom stereocenters. The lowest BCUT2D eigenvalue weighted by molar-refractivity contribution is 0.142. The van der Waals surface area contributed by atoms with Gasteiger partial charge in [-0.15, -0.1) is 0 Å². The molecule has 1 N–H and O–H groups in total. The van der Waals surface area contributed by atoms with Gasteiger partial charge in [0.2, 0.25) is 0 Å².